The smallest absolute Gasteiger partial charge is 0.134 e. The summed E-state index contributed by atoms with van der Waals surface area (Å²) in [6.07, 6.45) is 0. The van der Waals surface area contributed by atoms with Crippen molar-refractivity contribution >= 4 is 15.9 Å². The highest BCUT2D eigenvalue weighted by molar-refractivity contribution is 9.10. The summed E-state index contributed by atoms with van der Waals surface area (Å²) in [5, 5.41) is 13.1. The van der Waals surface area contributed by atoms with Gasteiger partial charge in [-0.1, -0.05) is 18.2 Å². The second-order valence-corrected chi connectivity index (χ2v) is 4.98. The van der Waals surface area contributed by atoms with Gasteiger partial charge in [-0.15, -0.1) is 0 Å². The minimum absolute atomic E-state index is 0.294. The molecule has 0 spiro atoms. The predicted molar refractivity (Wildman–Crippen MR) is 75.3 cm³/mol. The van der Waals surface area contributed by atoms with E-state index in [1.165, 1.54) is 0 Å². The van der Waals surface area contributed by atoms with E-state index in [1.807, 2.05) is 43.3 Å². The third-order valence-corrected chi connectivity index (χ3v) is 3.28. The molecular weight excluding hydrogens is 292 g/mol. The summed E-state index contributed by atoms with van der Waals surface area (Å²) in [7, 11) is 0. The van der Waals surface area contributed by atoms with Crippen LogP contribution in [0.1, 0.15) is 17.0 Å². The van der Waals surface area contributed by atoms with E-state index in [0.29, 0.717) is 18.8 Å². The fourth-order valence-corrected chi connectivity index (χ4v) is 2.13. The first kappa shape index (κ1) is 13.1. The molecule has 1 heterocycles. The second kappa shape index (κ2) is 5.98. The molecule has 0 aliphatic heterocycles. The minimum atomic E-state index is 0.294. The highest BCUT2D eigenvalue weighted by atomic mass is 79.9. The molecule has 0 aliphatic carbocycles. The van der Waals surface area contributed by atoms with Crippen LogP contribution in [0.4, 0.5) is 0 Å². The molecule has 0 radical (unpaired) electrons. The van der Waals surface area contributed by atoms with E-state index in [2.05, 4.69) is 26.2 Å². The largest absolute Gasteiger partial charge is 0.506 e. The number of phenols is 1. The van der Waals surface area contributed by atoms with E-state index in [4.69, 9.17) is 0 Å². The number of para-hydroxylation sites is 1. The number of nitrogens with zero attached hydrogens (tertiary/aromatic N) is 1. The Balaban J connectivity index is 1.94. The predicted octanol–water partition coefficient (Wildman–Crippen LogP) is 3.15. The van der Waals surface area contributed by atoms with Crippen LogP contribution < -0.4 is 5.32 Å². The number of hydrogen-bond acceptors (Lipinski definition) is 3. The molecular formula is C14H15BrN2O. The van der Waals surface area contributed by atoms with Gasteiger partial charge in [0.2, 0.25) is 0 Å². The average molecular weight is 307 g/mol. The fourth-order valence-electron chi connectivity index (χ4n) is 1.73. The molecule has 0 unspecified atom stereocenters. The second-order valence-electron chi connectivity index (χ2n) is 4.12. The molecule has 4 heteroatoms. The van der Waals surface area contributed by atoms with Gasteiger partial charge in [-0.3, -0.25) is 4.98 Å². The molecule has 0 saturated heterocycles. The molecule has 0 atom stereocenters. The molecule has 18 heavy (non-hydrogen) atoms. The van der Waals surface area contributed by atoms with E-state index in [0.717, 1.165) is 21.4 Å². The molecule has 0 bridgehead atoms. The lowest BCUT2D eigenvalue weighted by Crippen LogP contribution is -2.14. The van der Waals surface area contributed by atoms with Crippen molar-refractivity contribution in [3.63, 3.8) is 0 Å². The first-order chi connectivity index (χ1) is 8.66. The minimum Gasteiger partial charge on any atom is -0.506 e. The molecule has 0 aliphatic rings. The number of nitrogens with one attached hydrogen (secondary N) is 1. The van der Waals surface area contributed by atoms with Crippen LogP contribution in [0, 0.1) is 6.92 Å². The number of aromatic hydroxyl groups is 1. The van der Waals surface area contributed by atoms with Gasteiger partial charge in [0.05, 0.1) is 10.2 Å². The van der Waals surface area contributed by atoms with Crippen LogP contribution in [0.25, 0.3) is 0 Å². The van der Waals surface area contributed by atoms with Crippen LogP contribution in [-0.4, -0.2) is 10.1 Å². The molecule has 1 aromatic heterocycles. The number of hydrogen-bond donors (Lipinski definition) is 2. The zero-order valence-electron chi connectivity index (χ0n) is 10.2. The van der Waals surface area contributed by atoms with Crippen molar-refractivity contribution in [3.8, 4) is 5.75 Å². The Morgan fingerprint density at radius 1 is 1.17 bits per heavy atom. The lowest BCUT2D eigenvalue weighted by atomic mass is 10.2. The number of halogens is 1. The van der Waals surface area contributed by atoms with Crippen LogP contribution in [0.2, 0.25) is 0 Å². The van der Waals surface area contributed by atoms with Crippen molar-refractivity contribution < 1.29 is 5.11 Å². The summed E-state index contributed by atoms with van der Waals surface area (Å²) < 4.78 is 0.718. The van der Waals surface area contributed by atoms with Crippen molar-refractivity contribution in [2.75, 3.05) is 0 Å². The number of aryl methyl sites for hydroxylation is 1. The van der Waals surface area contributed by atoms with Gasteiger partial charge in [-0.25, -0.2) is 0 Å². The lowest BCUT2D eigenvalue weighted by molar-refractivity contribution is 0.461. The molecule has 94 valence electrons. The Bertz CT molecular complexity index is 543. The van der Waals surface area contributed by atoms with Gasteiger partial charge in [0, 0.05) is 24.3 Å². The lowest BCUT2D eigenvalue weighted by Gasteiger charge is -2.08. The molecule has 0 amide bonds. The quantitative estimate of drug-likeness (QED) is 0.912. The molecule has 2 N–H and O–H groups in total. The monoisotopic (exact) mass is 306 g/mol. The van der Waals surface area contributed by atoms with Gasteiger partial charge in [0.1, 0.15) is 5.75 Å². The summed E-state index contributed by atoms with van der Waals surface area (Å²) in [6.45, 7) is 3.28. The number of pyridine rings is 1. The third kappa shape index (κ3) is 3.31. The molecule has 2 aromatic rings. The Morgan fingerprint density at radius 2 is 1.94 bits per heavy atom. The number of phenolic OH excluding ortho intramolecular Hbond substituents is 1. The van der Waals surface area contributed by atoms with Crippen molar-refractivity contribution in [2.24, 2.45) is 0 Å². The van der Waals surface area contributed by atoms with Gasteiger partial charge in [0.15, 0.2) is 0 Å². The maximum Gasteiger partial charge on any atom is 0.134 e. The van der Waals surface area contributed by atoms with Gasteiger partial charge in [0.25, 0.3) is 0 Å². The molecule has 0 saturated carbocycles. The van der Waals surface area contributed by atoms with Gasteiger partial charge in [-0.2, -0.15) is 0 Å². The van der Waals surface area contributed by atoms with Gasteiger partial charge in [-0.05, 0) is 41.1 Å². The maximum atomic E-state index is 9.84. The molecule has 3 nitrogen and oxygen atoms in total. The SMILES string of the molecule is Cc1cccc(CNCc2cccc(Br)c2O)n1. The summed E-state index contributed by atoms with van der Waals surface area (Å²) in [5.74, 6) is 0.294. The van der Waals surface area contributed by atoms with Crippen LogP contribution in [0.15, 0.2) is 40.9 Å². The third-order valence-electron chi connectivity index (χ3n) is 2.64. The van der Waals surface area contributed by atoms with E-state index in [1.54, 1.807) is 0 Å². The normalized spacial score (nSPS) is 10.6. The van der Waals surface area contributed by atoms with Crippen molar-refractivity contribution in [2.45, 2.75) is 20.0 Å². The standard InChI is InChI=1S/C14H15BrN2O/c1-10-4-2-6-12(17-10)9-16-8-11-5-3-7-13(15)14(11)18/h2-7,16,18H,8-9H2,1H3. The van der Waals surface area contributed by atoms with Crippen molar-refractivity contribution in [1.82, 2.24) is 10.3 Å². The van der Waals surface area contributed by atoms with Crippen LogP contribution in [0.5, 0.6) is 5.75 Å². The number of aromatic nitrogens is 1. The molecule has 2 rings (SSSR count). The molecule has 0 fully saturated rings. The summed E-state index contributed by atoms with van der Waals surface area (Å²) >= 11 is 3.30. The first-order valence-electron chi connectivity index (χ1n) is 5.76. The van der Waals surface area contributed by atoms with Crippen LogP contribution >= 0.6 is 15.9 Å². The van der Waals surface area contributed by atoms with Gasteiger partial charge >= 0.3 is 0 Å². The highest BCUT2D eigenvalue weighted by Gasteiger charge is 2.04. The number of benzene rings is 1. The Labute approximate surface area is 115 Å². The topological polar surface area (TPSA) is 45.1 Å². The maximum absolute atomic E-state index is 9.84. The average Bonchev–Trinajstić information content (AvgIpc) is 2.35. The van der Waals surface area contributed by atoms with E-state index in [-0.39, 0.29) is 0 Å². The van der Waals surface area contributed by atoms with Gasteiger partial charge < -0.3 is 10.4 Å². The molecule has 1 aromatic carbocycles. The van der Waals surface area contributed by atoms with E-state index in [9.17, 15) is 5.11 Å². The summed E-state index contributed by atoms with van der Waals surface area (Å²) in [5.41, 5.74) is 2.89. The first-order valence-corrected chi connectivity index (χ1v) is 6.56. The van der Waals surface area contributed by atoms with Crippen molar-refractivity contribution in [3.05, 3.63) is 57.8 Å². The zero-order chi connectivity index (χ0) is 13.0. The fraction of sp³-hybridized carbons (Fsp3) is 0.214. The summed E-state index contributed by atoms with van der Waals surface area (Å²) in [4.78, 5) is 4.41. The highest BCUT2D eigenvalue weighted by Crippen LogP contribution is 2.27. The summed E-state index contributed by atoms with van der Waals surface area (Å²) in [6, 6.07) is 11.6. The van der Waals surface area contributed by atoms with E-state index < -0.39 is 0 Å². The zero-order valence-corrected chi connectivity index (χ0v) is 11.7. The Kier molecular flexibility index (Phi) is 4.33. The Morgan fingerprint density at radius 3 is 2.72 bits per heavy atom. The van der Waals surface area contributed by atoms with E-state index >= 15 is 0 Å². The number of rotatable bonds is 4. The Hall–Kier alpha value is -1.39. The van der Waals surface area contributed by atoms with Crippen molar-refractivity contribution in [1.29, 1.82) is 0 Å². The van der Waals surface area contributed by atoms with Crippen LogP contribution in [0.3, 0.4) is 0 Å². The van der Waals surface area contributed by atoms with Crippen LogP contribution in [-0.2, 0) is 13.1 Å².